The third kappa shape index (κ3) is 3.82. The van der Waals surface area contributed by atoms with Crippen molar-refractivity contribution < 1.29 is 4.79 Å². The van der Waals surface area contributed by atoms with Gasteiger partial charge in [0.1, 0.15) is 0 Å². The van der Waals surface area contributed by atoms with Crippen molar-refractivity contribution in [2.24, 2.45) is 17.8 Å². The molecular formula is C20H24N2O. The third-order valence-corrected chi connectivity index (χ3v) is 5.14. The van der Waals surface area contributed by atoms with Crippen molar-refractivity contribution in [3.63, 3.8) is 0 Å². The summed E-state index contributed by atoms with van der Waals surface area (Å²) < 4.78 is 0. The maximum absolute atomic E-state index is 12.5. The number of terminal acetylenes is 1. The largest absolute Gasteiger partial charge is 0.294 e. The zero-order chi connectivity index (χ0) is 16.2. The van der Waals surface area contributed by atoms with Crippen LogP contribution in [-0.4, -0.2) is 16.0 Å². The summed E-state index contributed by atoms with van der Waals surface area (Å²) in [7, 11) is 0. The predicted molar refractivity (Wildman–Crippen MR) is 93.1 cm³/mol. The lowest BCUT2D eigenvalue weighted by Crippen LogP contribution is -2.09. The summed E-state index contributed by atoms with van der Waals surface area (Å²) in [4.78, 5) is 12.5. The summed E-state index contributed by atoms with van der Waals surface area (Å²) in [6.45, 7) is 2.31. The average molecular weight is 308 g/mol. The van der Waals surface area contributed by atoms with Crippen LogP contribution in [0, 0.1) is 30.1 Å². The van der Waals surface area contributed by atoms with Gasteiger partial charge in [-0.05, 0) is 50.0 Å². The molecule has 1 aliphatic rings. The molecule has 0 unspecified atom stereocenters. The molecule has 0 amide bonds. The average Bonchev–Trinajstić information content (AvgIpc) is 2.95. The van der Waals surface area contributed by atoms with Crippen molar-refractivity contribution in [1.82, 2.24) is 10.2 Å². The first-order valence-electron chi connectivity index (χ1n) is 8.58. The Morgan fingerprint density at radius 1 is 1.39 bits per heavy atom. The van der Waals surface area contributed by atoms with Crippen LogP contribution in [0.5, 0.6) is 0 Å². The second-order valence-electron chi connectivity index (χ2n) is 7.02. The predicted octanol–water partition coefficient (Wildman–Crippen LogP) is 4.60. The van der Waals surface area contributed by atoms with Crippen LogP contribution in [0.3, 0.4) is 0 Å². The van der Waals surface area contributed by atoms with Gasteiger partial charge in [-0.1, -0.05) is 19.1 Å². The van der Waals surface area contributed by atoms with E-state index < -0.39 is 0 Å². The standard InChI is InChI=1S/C20H24N2O/c1-3-15-5-4-14(2)10-16(11-15)6-9-20(23)17-7-8-18-13-21-22-19(18)12-17/h1,7-8,12-16H,4-6,9-11H2,2H3,(H,21,22)/t14-,15+,16-/m0/s1. The summed E-state index contributed by atoms with van der Waals surface area (Å²) in [5.74, 6) is 4.84. The second-order valence-corrected chi connectivity index (χ2v) is 7.02. The van der Waals surface area contributed by atoms with E-state index in [0.29, 0.717) is 18.3 Å². The molecule has 0 spiro atoms. The van der Waals surface area contributed by atoms with Crippen LogP contribution in [-0.2, 0) is 0 Å². The number of carbonyl (C=O) groups is 1. The zero-order valence-electron chi connectivity index (χ0n) is 13.7. The zero-order valence-corrected chi connectivity index (χ0v) is 13.7. The topological polar surface area (TPSA) is 45.8 Å². The Morgan fingerprint density at radius 2 is 2.26 bits per heavy atom. The fraction of sp³-hybridized carbons (Fsp3) is 0.500. The van der Waals surface area contributed by atoms with Crippen molar-refractivity contribution in [2.75, 3.05) is 0 Å². The second kappa shape index (κ2) is 7.00. The number of H-pyrrole nitrogens is 1. The van der Waals surface area contributed by atoms with Crippen LogP contribution >= 0.6 is 0 Å². The lowest BCUT2D eigenvalue weighted by Gasteiger charge is -2.17. The summed E-state index contributed by atoms with van der Waals surface area (Å²) >= 11 is 0. The Hall–Kier alpha value is -2.08. The number of hydrogen-bond donors (Lipinski definition) is 1. The minimum absolute atomic E-state index is 0.218. The van der Waals surface area contributed by atoms with Crippen molar-refractivity contribution in [3.8, 4) is 12.3 Å². The number of benzene rings is 1. The highest BCUT2D eigenvalue weighted by Crippen LogP contribution is 2.33. The Bertz CT molecular complexity index is 725. The number of nitrogens with one attached hydrogen (secondary N) is 1. The Labute approximate surface area is 137 Å². The molecule has 3 heteroatoms. The first-order valence-corrected chi connectivity index (χ1v) is 8.58. The van der Waals surface area contributed by atoms with E-state index in [-0.39, 0.29) is 5.78 Å². The fourth-order valence-electron chi connectivity index (χ4n) is 3.77. The number of rotatable bonds is 4. The molecule has 0 aliphatic heterocycles. The molecule has 3 nitrogen and oxygen atoms in total. The minimum Gasteiger partial charge on any atom is -0.294 e. The highest BCUT2D eigenvalue weighted by Gasteiger charge is 2.23. The van der Waals surface area contributed by atoms with Crippen molar-refractivity contribution in [1.29, 1.82) is 0 Å². The molecule has 1 saturated carbocycles. The van der Waals surface area contributed by atoms with E-state index in [1.165, 1.54) is 12.8 Å². The molecule has 1 aliphatic carbocycles. The first-order chi connectivity index (χ1) is 11.2. The van der Waals surface area contributed by atoms with Crippen LogP contribution in [0.4, 0.5) is 0 Å². The van der Waals surface area contributed by atoms with Gasteiger partial charge in [0.2, 0.25) is 0 Å². The SMILES string of the molecule is C#C[C@@H]1CC[C@H](C)C[C@H](CCC(=O)c2ccc3cn[nH]c3c2)C1. The number of Topliss-reactive ketones (excluding diaryl/α,β-unsaturated/α-hetero) is 1. The van der Waals surface area contributed by atoms with Gasteiger partial charge < -0.3 is 0 Å². The minimum atomic E-state index is 0.218. The number of ketones is 1. The number of hydrogen-bond acceptors (Lipinski definition) is 2. The third-order valence-electron chi connectivity index (χ3n) is 5.14. The van der Waals surface area contributed by atoms with Gasteiger partial charge in [-0.2, -0.15) is 5.10 Å². The molecule has 1 aromatic heterocycles. The van der Waals surface area contributed by atoms with E-state index in [1.54, 1.807) is 6.20 Å². The maximum Gasteiger partial charge on any atom is 0.162 e. The first kappa shape index (κ1) is 15.8. The molecule has 2 aromatic rings. The molecule has 0 bridgehead atoms. The lowest BCUT2D eigenvalue weighted by atomic mass is 9.87. The van der Waals surface area contributed by atoms with E-state index in [2.05, 4.69) is 23.0 Å². The summed E-state index contributed by atoms with van der Waals surface area (Å²) in [5, 5.41) is 7.96. The Kier molecular flexibility index (Phi) is 4.81. The van der Waals surface area contributed by atoms with Crippen molar-refractivity contribution >= 4 is 16.7 Å². The molecular weight excluding hydrogens is 284 g/mol. The van der Waals surface area contributed by atoms with Crippen LogP contribution in [0.1, 0.15) is 55.8 Å². The van der Waals surface area contributed by atoms with Gasteiger partial charge in [-0.3, -0.25) is 9.89 Å². The highest BCUT2D eigenvalue weighted by atomic mass is 16.1. The van der Waals surface area contributed by atoms with Gasteiger partial charge in [0.15, 0.2) is 5.78 Å². The maximum atomic E-state index is 12.5. The molecule has 23 heavy (non-hydrogen) atoms. The van der Waals surface area contributed by atoms with E-state index in [0.717, 1.165) is 41.6 Å². The number of nitrogens with zero attached hydrogens (tertiary/aromatic N) is 1. The molecule has 3 atom stereocenters. The van der Waals surface area contributed by atoms with E-state index in [1.807, 2.05) is 18.2 Å². The van der Waals surface area contributed by atoms with Crippen LogP contribution in [0.2, 0.25) is 0 Å². The van der Waals surface area contributed by atoms with Gasteiger partial charge in [0.25, 0.3) is 0 Å². The molecule has 0 saturated heterocycles. The van der Waals surface area contributed by atoms with E-state index in [9.17, 15) is 4.79 Å². The molecule has 1 N–H and O–H groups in total. The summed E-state index contributed by atoms with van der Waals surface area (Å²) in [5.41, 5.74) is 1.70. The molecule has 1 fully saturated rings. The number of aromatic amines is 1. The lowest BCUT2D eigenvalue weighted by molar-refractivity contribution is 0.0971. The van der Waals surface area contributed by atoms with Gasteiger partial charge in [0, 0.05) is 23.3 Å². The number of carbonyl (C=O) groups excluding carboxylic acids is 1. The van der Waals surface area contributed by atoms with Gasteiger partial charge >= 0.3 is 0 Å². The van der Waals surface area contributed by atoms with Crippen molar-refractivity contribution in [3.05, 3.63) is 30.0 Å². The van der Waals surface area contributed by atoms with Crippen molar-refractivity contribution in [2.45, 2.75) is 45.4 Å². The fourth-order valence-corrected chi connectivity index (χ4v) is 3.77. The Morgan fingerprint density at radius 3 is 3.09 bits per heavy atom. The van der Waals surface area contributed by atoms with E-state index >= 15 is 0 Å². The molecule has 3 rings (SSSR count). The van der Waals surface area contributed by atoms with E-state index in [4.69, 9.17) is 6.42 Å². The molecule has 1 aromatic carbocycles. The summed E-state index contributed by atoms with van der Waals surface area (Å²) in [6.07, 6.45) is 13.6. The van der Waals surface area contributed by atoms with Crippen LogP contribution in [0.25, 0.3) is 10.9 Å². The van der Waals surface area contributed by atoms with Crippen LogP contribution < -0.4 is 0 Å². The summed E-state index contributed by atoms with van der Waals surface area (Å²) in [6, 6.07) is 5.76. The van der Waals surface area contributed by atoms with Gasteiger partial charge in [0.05, 0.1) is 11.7 Å². The smallest absolute Gasteiger partial charge is 0.162 e. The molecule has 120 valence electrons. The van der Waals surface area contributed by atoms with Gasteiger partial charge in [-0.15, -0.1) is 12.3 Å². The highest BCUT2D eigenvalue weighted by molar-refractivity contribution is 5.99. The van der Waals surface area contributed by atoms with Gasteiger partial charge in [-0.25, -0.2) is 0 Å². The molecule has 1 heterocycles. The number of fused-ring (bicyclic) bond motifs is 1. The Balaban J connectivity index is 1.62. The number of aromatic nitrogens is 2. The molecule has 0 radical (unpaired) electrons. The monoisotopic (exact) mass is 308 g/mol. The normalized spacial score (nSPS) is 25.0. The van der Waals surface area contributed by atoms with Crippen LogP contribution in [0.15, 0.2) is 24.4 Å². The quantitative estimate of drug-likeness (QED) is 0.509.